The summed E-state index contributed by atoms with van der Waals surface area (Å²) in [4.78, 5) is 0. The van der Waals surface area contributed by atoms with Gasteiger partial charge in [-0.25, -0.2) is 0 Å². The molecule has 0 rings (SSSR count). The molecule has 0 aliphatic carbocycles. The van der Waals surface area contributed by atoms with Crippen molar-refractivity contribution in [3.05, 3.63) is 6.42 Å². The summed E-state index contributed by atoms with van der Waals surface area (Å²) >= 11 is 0. The molecule has 0 atom stereocenters. The van der Waals surface area contributed by atoms with Crippen LogP contribution in [0.25, 0.3) is 0 Å². The molecule has 0 aromatic carbocycles. The molecule has 93 valence electrons. The summed E-state index contributed by atoms with van der Waals surface area (Å²) in [5, 5.41) is 0. The Morgan fingerprint density at radius 2 is 0.938 bits per heavy atom. The van der Waals surface area contributed by atoms with Crippen LogP contribution in [-0.4, -0.2) is 29.6 Å². The van der Waals surface area contributed by atoms with Gasteiger partial charge in [-0.2, -0.15) is 0 Å². The molecule has 0 bridgehead atoms. The zero-order chi connectivity index (χ0) is 11.2. The van der Waals surface area contributed by atoms with Crippen LogP contribution in [-0.2, 0) is 0 Å². The van der Waals surface area contributed by atoms with E-state index in [-0.39, 0.29) is 29.6 Å². The second-order valence-corrected chi connectivity index (χ2v) is 4.69. The predicted molar refractivity (Wildman–Crippen MR) is 78.2 cm³/mol. The third kappa shape index (κ3) is 17.4. The van der Waals surface area contributed by atoms with Crippen LogP contribution in [0.5, 0.6) is 0 Å². The molecule has 0 fully saturated rings. The van der Waals surface area contributed by atoms with E-state index in [9.17, 15) is 0 Å². The molecule has 0 spiro atoms. The van der Waals surface area contributed by atoms with Crippen molar-refractivity contribution in [1.29, 1.82) is 0 Å². The Bertz CT molecular complexity index is 89.6. The molecule has 16 heavy (non-hydrogen) atoms. The molecule has 0 aliphatic heterocycles. The predicted octanol–water partition coefficient (Wildman–Crippen LogP) is 5.26. The van der Waals surface area contributed by atoms with E-state index in [2.05, 4.69) is 20.3 Å². The Morgan fingerprint density at radius 3 is 1.31 bits per heavy atom. The SMILES string of the molecule is CCCCCCC[CH]CCCCCCC.[NaH]. The molecule has 1 radical (unpaired) electrons. The first-order chi connectivity index (χ1) is 7.41. The average molecular weight is 235 g/mol. The third-order valence-corrected chi connectivity index (χ3v) is 3.02. The molecule has 0 amide bonds. The summed E-state index contributed by atoms with van der Waals surface area (Å²) in [6.45, 7) is 4.56. The van der Waals surface area contributed by atoms with Crippen molar-refractivity contribution < 1.29 is 0 Å². The molecule has 0 saturated heterocycles. The first-order valence-electron chi connectivity index (χ1n) is 7.23. The summed E-state index contributed by atoms with van der Waals surface area (Å²) in [5.41, 5.74) is 0. The van der Waals surface area contributed by atoms with Crippen molar-refractivity contribution in [1.82, 2.24) is 0 Å². The van der Waals surface area contributed by atoms with E-state index in [1.54, 1.807) is 0 Å². The van der Waals surface area contributed by atoms with Gasteiger partial charge in [-0.15, -0.1) is 0 Å². The van der Waals surface area contributed by atoms with Crippen molar-refractivity contribution in [2.75, 3.05) is 0 Å². The molecule has 1 heteroatoms. The number of hydrogen-bond acceptors (Lipinski definition) is 0. The van der Waals surface area contributed by atoms with Crippen molar-refractivity contribution in [2.45, 2.75) is 90.9 Å². The van der Waals surface area contributed by atoms with E-state index >= 15 is 0 Å². The van der Waals surface area contributed by atoms with E-state index in [1.807, 2.05) is 0 Å². The number of unbranched alkanes of at least 4 members (excludes halogenated alkanes) is 12. The molecule has 0 aromatic rings. The zero-order valence-electron chi connectivity index (χ0n) is 11.1. The minimum absolute atomic E-state index is 0. The fraction of sp³-hybridized carbons (Fsp3) is 0.933. The van der Waals surface area contributed by atoms with Crippen LogP contribution in [0.15, 0.2) is 0 Å². The van der Waals surface area contributed by atoms with E-state index < -0.39 is 0 Å². The molecule has 0 unspecified atom stereocenters. The van der Waals surface area contributed by atoms with Gasteiger partial charge < -0.3 is 0 Å². The van der Waals surface area contributed by atoms with Crippen LogP contribution in [0.4, 0.5) is 0 Å². The summed E-state index contributed by atoms with van der Waals surface area (Å²) in [6.07, 6.45) is 19.4. The van der Waals surface area contributed by atoms with Crippen LogP contribution in [0, 0.1) is 6.42 Å². The second kappa shape index (κ2) is 18.4. The van der Waals surface area contributed by atoms with Gasteiger partial charge >= 0.3 is 29.6 Å². The van der Waals surface area contributed by atoms with Gasteiger partial charge in [-0.1, -0.05) is 90.9 Å². The summed E-state index contributed by atoms with van der Waals surface area (Å²) in [5.74, 6) is 0. The molecule has 0 saturated carbocycles. The van der Waals surface area contributed by atoms with Gasteiger partial charge in [0.05, 0.1) is 0 Å². The van der Waals surface area contributed by atoms with Crippen LogP contribution in [0.1, 0.15) is 90.9 Å². The fourth-order valence-electron chi connectivity index (χ4n) is 1.93. The Balaban J connectivity index is 0. The van der Waals surface area contributed by atoms with Crippen LogP contribution in [0.2, 0.25) is 0 Å². The topological polar surface area (TPSA) is 0 Å². The van der Waals surface area contributed by atoms with Crippen molar-refractivity contribution >= 4 is 29.6 Å². The standard InChI is InChI=1S/C15H31.Na.H/c1-3-5-7-9-11-13-15-14-12-10-8-6-4-2;;/h15H,3-14H2,1-2H3;;. The zero-order valence-corrected chi connectivity index (χ0v) is 11.1. The van der Waals surface area contributed by atoms with Crippen LogP contribution in [0.3, 0.4) is 0 Å². The van der Waals surface area contributed by atoms with Crippen molar-refractivity contribution in [2.24, 2.45) is 0 Å². The molecular weight excluding hydrogens is 203 g/mol. The van der Waals surface area contributed by atoms with Gasteiger partial charge in [0.15, 0.2) is 0 Å². The maximum atomic E-state index is 2.51. The first kappa shape index (κ1) is 19.3. The summed E-state index contributed by atoms with van der Waals surface area (Å²) in [7, 11) is 0. The Kier molecular flexibility index (Phi) is 22.2. The van der Waals surface area contributed by atoms with Gasteiger partial charge in [-0.05, 0) is 6.42 Å². The van der Waals surface area contributed by atoms with E-state index in [1.165, 1.54) is 77.0 Å². The van der Waals surface area contributed by atoms with Gasteiger partial charge in [-0.3, -0.25) is 0 Å². The average Bonchev–Trinajstić information content (AvgIpc) is 2.26. The fourth-order valence-corrected chi connectivity index (χ4v) is 1.93. The second-order valence-electron chi connectivity index (χ2n) is 4.69. The molecule has 0 heterocycles. The molecule has 0 aliphatic rings. The Hall–Kier alpha value is 1.00. The van der Waals surface area contributed by atoms with Gasteiger partial charge in [0, 0.05) is 0 Å². The van der Waals surface area contributed by atoms with Crippen LogP contribution < -0.4 is 0 Å². The van der Waals surface area contributed by atoms with Gasteiger partial charge in [0.1, 0.15) is 0 Å². The van der Waals surface area contributed by atoms with Gasteiger partial charge in [0.25, 0.3) is 0 Å². The minimum atomic E-state index is 0. The quantitative estimate of drug-likeness (QED) is 0.319. The monoisotopic (exact) mass is 235 g/mol. The summed E-state index contributed by atoms with van der Waals surface area (Å²) < 4.78 is 0. The Labute approximate surface area is 126 Å². The van der Waals surface area contributed by atoms with E-state index in [0.717, 1.165) is 0 Å². The normalized spacial score (nSPS) is 10.1. The molecular formula is C15H32Na. The van der Waals surface area contributed by atoms with Gasteiger partial charge in [0.2, 0.25) is 0 Å². The first-order valence-corrected chi connectivity index (χ1v) is 7.23. The summed E-state index contributed by atoms with van der Waals surface area (Å²) in [6, 6.07) is 0. The number of hydrogen-bond donors (Lipinski definition) is 0. The Morgan fingerprint density at radius 1 is 0.562 bits per heavy atom. The third-order valence-electron chi connectivity index (χ3n) is 3.02. The molecule has 0 N–H and O–H groups in total. The van der Waals surface area contributed by atoms with Crippen LogP contribution >= 0.6 is 0 Å². The van der Waals surface area contributed by atoms with Crippen molar-refractivity contribution in [3.63, 3.8) is 0 Å². The van der Waals surface area contributed by atoms with Crippen molar-refractivity contribution in [3.8, 4) is 0 Å². The molecule has 0 aromatic heterocycles. The van der Waals surface area contributed by atoms with E-state index in [0.29, 0.717) is 0 Å². The van der Waals surface area contributed by atoms with E-state index in [4.69, 9.17) is 0 Å². The number of rotatable bonds is 12. The maximum absolute atomic E-state index is 2.51. The molecule has 0 nitrogen and oxygen atoms in total.